The van der Waals surface area contributed by atoms with Gasteiger partial charge in [-0.2, -0.15) is 0 Å². The highest BCUT2D eigenvalue weighted by molar-refractivity contribution is 5.76. The summed E-state index contributed by atoms with van der Waals surface area (Å²) in [7, 11) is 1.41. The molecule has 2 atom stereocenters. The first-order valence-electron chi connectivity index (χ1n) is 6.98. The van der Waals surface area contributed by atoms with Crippen molar-refractivity contribution >= 4 is 5.97 Å². The monoisotopic (exact) mass is 277 g/mol. The molecule has 1 aromatic rings. The highest BCUT2D eigenvalue weighted by atomic mass is 16.5. The highest BCUT2D eigenvalue weighted by Crippen LogP contribution is 2.25. The molecule has 1 aliphatic rings. The Morgan fingerprint density at radius 3 is 2.45 bits per heavy atom. The van der Waals surface area contributed by atoms with E-state index in [0.29, 0.717) is 13.0 Å². The van der Waals surface area contributed by atoms with Crippen LogP contribution in [-0.2, 0) is 14.9 Å². The van der Waals surface area contributed by atoms with Gasteiger partial charge in [0.25, 0.3) is 0 Å². The molecule has 0 saturated carbocycles. The van der Waals surface area contributed by atoms with Gasteiger partial charge < -0.3 is 14.8 Å². The van der Waals surface area contributed by atoms with Gasteiger partial charge in [0.15, 0.2) is 0 Å². The van der Waals surface area contributed by atoms with E-state index in [-0.39, 0.29) is 23.5 Å². The van der Waals surface area contributed by atoms with Crippen LogP contribution in [0.5, 0.6) is 5.75 Å². The first-order chi connectivity index (χ1) is 9.40. The van der Waals surface area contributed by atoms with E-state index in [1.807, 2.05) is 12.1 Å². The molecule has 1 saturated heterocycles. The lowest BCUT2D eigenvalue weighted by atomic mass is 9.87. The molecular formula is C16H23NO3. The summed E-state index contributed by atoms with van der Waals surface area (Å²) in [6, 6.07) is 7.92. The van der Waals surface area contributed by atoms with E-state index in [9.17, 15) is 4.79 Å². The van der Waals surface area contributed by atoms with Gasteiger partial charge in [0.05, 0.1) is 7.11 Å². The van der Waals surface area contributed by atoms with Gasteiger partial charge in [-0.05, 0) is 23.1 Å². The van der Waals surface area contributed by atoms with E-state index in [1.165, 1.54) is 12.7 Å². The number of benzene rings is 1. The van der Waals surface area contributed by atoms with Gasteiger partial charge in [-0.1, -0.05) is 32.9 Å². The number of hydrogen-bond donors (Lipinski definition) is 1. The second-order valence-electron chi connectivity index (χ2n) is 6.23. The third-order valence-corrected chi connectivity index (χ3v) is 3.60. The summed E-state index contributed by atoms with van der Waals surface area (Å²) < 4.78 is 10.6. The van der Waals surface area contributed by atoms with Gasteiger partial charge in [0.2, 0.25) is 0 Å². The molecule has 0 amide bonds. The molecular weight excluding hydrogens is 254 g/mol. The van der Waals surface area contributed by atoms with Crippen molar-refractivity contribution in [3.8, 4) is 5.75 Å². The van der Waals surface area contributed by atoms with Crippen LogP contribution in [-0.4, -0.2) is 31.8 Å². The second-order valence-corrected chi connectivity index (χ2v) is 6.23. The van der Waals surface area contributed by atoms with Crippen LogP contribution in [0.1, 0.15) is 32.8 Å². The van der Waals surface area contributed by atoms with Crippen molar-refractivity contribution in [2.75, 3.05) is 13.7 Å². The fraction of sp³-hybridized carbons (Fsp3) is 0.562. The van der Waals surface area contributed by atoms with Gasteiger partial charge >= 0.3 is 5.97 Å². The number of carbonyl (C=O) groups excluding carboxylic acids is 1. The maximum Gasteiger partial charge on any atom is 0.323 e. The van der Waals surface area contributed by atoms with Crippen molar-refractivity contribution in [3.63, 3.8) is 0 Å². The standard InChI is InChI=1S/C16H23NO3/c1-16(2,3)11-5-7-12(8-6-11)20-13-9-14(17-10-13)15(18)19-4/h5-8,13-14,17H,9-10H2,1-4H3/t13-,14+/m1/s1. The molecule has 1 aromatic carbocycles. The third-order valence-electron chi connectivity index (χ3n) is 3.60. The summed E-state index contributed by atoms with van der Waals surface area (Å²) in [5, 5.41) is 3.11. The summed E-state index contributed by atoms with van der Waals surface area (Å²) in [6.07, 6.45) is 0.660. The average Bonchev–Trinajstić information content (AvgIpc) is 2.86. The van der Waals surface area contributed by atoms with Crippen LogP contribution in [0, 0.1) is 0 Å². The number of ether oxygens (including phenoxy) is 2. The average molecular weight is 277 g/mol. The summed E-state index contributed by atoms with van der Waals surface area (Å²) in [6.45, 7) is 7.22. The fourth-order valence-electron chi connectivity index (χ4n) is 2.34. The summed E-state index contributed by atoms with van der Waals surface area (Å²) in [5.41, 5.74) is 1.42. The van der Waals surface area contributed by atoms with Crippen LogP contribution in [0.2, 0.25) is 0 Å². The molecule has 1 heterocycles. The number of hydrogen-bond acceptors (Lipinski definition) is 4. The molecule has 0 spiro atoms. The van der Waals surface area contributed by atoms with Gasteiger partial charge in [-0.25, -0.2) is 0 Å². The molecule has 0 aromatic heterocycles. The van der Waals surface area contributed by atoms with E-state index >= 15 is 0 Å². The zero-order chi connectivity index (χ0) is 14.8. The Morgan fingerprint density at radius 1 is 1.25 bits per heavy atom. The maximum absolute atomic E-state index is 11.4. The second kappa shape index (κ2) is 5.83. The van der Waals surface area contributed by atoms with Crippen molar-refractivity contribution in [1.82, 2.24) is 5.32 Å². The van der Waals surface area contributed by atoms with Crippen molar-refractivity contribution in [3.05, 3.63) is 29.8 Å². The van der Waals surface area contributed by atoms with Crippen molar-refractivity contribution in [1.29, 1.82) is 0 Å². The van der Waals surface area contributed by atoms with Gasteiger partial charge in [-0.15, -0.1) is 0 Å². The minimum atomic E-state index is -0.251. The quantitative estimate of drug-likeness (QED) is 0.861. The van der Waals surface area contributed by atoms with E-state index in [0.717, 1.165) is 5.75 Å². The van der Waals surface area contributed by atoms with Crippen molar-refractivity contribution in [2.45, 2.75) is 44.8 Å². The third kappa shape index (κ3) is 3.51. The Kier molecular flexibility index (Phi) is 4.33. The maximum atomic E-state index is 11.4. The minimum absolute atomic E-state index is 0.0135. The molecule has 1 aliphatic heterocycles. The fourth-order valence-corrected chi connectivity index (χ4v) is 2.34. The van der Waals surface area contributed by atoms with Crippen LogP contribution in [0.25, 0.3) is 0 Å². The normalized spacial score (nSPS) is 22.6. The molecule has 0 unspecified atom stereocenters. The highest BCUT2D eigenvalue weighted by Gasteiger charge is 2.31. The first-order valence-corrected chi connectivity index (χ1v) is 6.98. The lowest BCUT2D eigenvalue weighted by Crippen LogP contribution is -2.31. The van der Waals surface area contributed by atoms with Crippen LogP contribution in [0.15, 0.2) is 24.3 Å². The van der Waals surface area contributed by atoms with E-state index in [4.69, 9.17) is 9.47 Å². The number of rotatable bonds is 3. The van der Waals surface area contributed by atoms with E-state index in [1.54, 1.807) is 0 Å². The number of esters is 1. The molecule has 20 heavy (non-hydrogen) atoms. The van der Waals surface area contributed by atoms with E-state index < -0.39 is 0 Å². The molecule has 110 valence electrons. The minimum Gasteiger partial charge on any atom is -0.489 e. The van der Waals surface area contributed by atoms with Gasteiger partial charge in [-0.3, -0.25) is 4.79 Å². The molecule has 1 N–H and O–H groups in total. The molecule has 0 bridgehead atoms. The predicted octanol–water partition coefficient (Wildman–Crippen LogP) is 2.27. The van der Waals surface area contributed by atoms with Crippen LogP contribution in [0.4, 0.5) is 0 Å². The van der Waals surface area contributed by atoms with E-state index in [2.05, 4.69) is 38.2 Å². The molecule has 0 aliphatic carbocycles. The lowest BCUT2D eigenvalue weighted by Gasteiger charge is -2.20. The number of carbonyl (C=O) groups is 1. The summed E-state index contributed by atoms with van der Waals surface area (Å²) >= 11 is 0. The molecule has 1 fully saturated rings. The molecule has 0 radical (unpaired) electrons. The Morgan fingerprint density at radius 2 is 1.90 bits per heavy atom. The molecule has 4 nitrogen and oxygen atoms in total. The number of nitrogens with one attached hydrogen (secondary N) is 1. The Labute approximate surface area is 120 Å². The predicted molar refractivity (Wildman–Crippen MR) is 78.0 cm³/mol. The summed E-state index contributed by atoms with van der Waals surface area (Å²) in [5.74, 6) is 0.620. The topological polar surface area (TPSA) is 47.6 Å². The molecule has 2 rings (SSSR count). The lowest BCUT2D eigenvalue weighted by molar-refractivity contribution is -0.142. The van der Waals surface area contributed by atoms with Crippen molar-refractivity contribution in [2.24, 2.45) is 0 Å². The van der Waals surface area contributed by atoms with Crippen LogP contribution < -0.4 is 10.1 Å². The summed E-state index contributed by atoms with van der Waals surface area (Å²) in [4.78, 5) is 11.4. The van der Waals surface area contributed by atoms with Crippen molar-refractivity contribution < 1.29 is 14.3 Å². The van der Waals surface area contributed by atoms with Gasteiger partial charge in [0.1, 0.15) is 17.9 Å². The zero-order valence-electron chi connectivity index (χ0n) is 12.6. The Bertz CT molecular complexity index is 462. The van der Waals surface area contributed by atoms with Gasteiger partial charge in [0, 0.05) is 13.0 Å². The van der Waals surface area contributed by atoms with Crippen LogP contribution >= 0.6 is 0 Å². The van der Waals surface area contributed by atoms with Crippen LogP contribution in [0.3, 0.4) is 0 Å². The molecule has 4 heteroatoms. The Hall–Kier alpha value is -1.55. The Balaban J connectivity index is 1.93. The number of methoxy groups -OCH3 is 1. The largest absolute Gasteiger partial charge is 0.489 e. The zero-order valence-corrected chi connectivity index (χ0v) is 12.6. The SMILES string of the molecule is COC(=O)[C@@H]1C[C@@H](Oc2ccc(C(C)(C)C)cc2)CN1. The first kappa shape index (κ1) is 14.9. The smallest absolute Gasteiger partial charge is 0.323 e.